The molecule has 0 saturated carbocycles. The van der Waals surface area contributed by atoms with E-state index in [4.69, 9.17) is 14.7 Å². The van der Waals surface area contributed by atoms with Crippen LogP contribution in [0.4, 0.5) is 0 Å². The fraction of sp³-hybridized carbons (Fsp3) is 0.235. The summed E-state index contributed by atoms with van der Waals surface area (Å²) >= 11 is 0. The number of carbonyl (C=O) groups excluding carboxylic acids is 1. The van der Waals surface area contributed by atoms with E-state index in [2.05, 4.69) is 10.3 Å². The van der Waals surface area contributed by atoms with Gasteiger partial charge in [-0.1, -0.05) is 12.1 Å². The average Bonchev–Trinajstić information content (AvgIpc) is 2.61. The molecule has 0 aliphatic rings. The van der Waals surface area contributed by atoms with Gasteiger partial charge in [0.15, 0.2) is 0 Å². The summed E-state index contributed by atoms with van der Waals surface area (Å²) in [5.41, 5.74) is 1.77. The topological polar surface area (TPSA) is 84.2 Å². The third-order valence-electron chi connectivity index (χ3n) is 3.04. The molecule has 23 heavy (non-hydrogen) atoms. The number of amides is 1. The first-order valence-corrected chi connectivity index (χ1v) is 7.08. The number of nitrogens with one attached hydrogen (secondary N) is 1. The summed E-state index contributed by atoms with van der Waals surface area (Å²) in [4.78, 5) is 16.2. The summed E-state index contributed by atoms with van der Waals surface area (Å²) in [5, 5.41) is 11.6. The number of methoxy groups -OCH3 is 1. The molecule has 0 bridgehead atoms. The zero-order chi connectivity index (χ0) is 16.5. The van der Waals surface area contributed by atoms with Gasteiger partial charge in [0.1, 0.15) is 6.61 Å². The van der Waals surface area contributed by atoms with Crippen LogP contribution < -0.4 is 10.1 Å². The summed E-state index contributed by atoms with van der Waals surface area (Å²) in [7, 11) is 1.61. The minimum Gasteiger partial charge on any atom is -0.475 e. The molecule has 0 fully saturated rings. The van der Waals surface area contributed by atoms with Crippen molar-refractivity contribution in [2.75, 3.05) is 20.3 Å². The Kier molecular flexibility index (Phi) is 6.09. The maximum atomic E-state index is 12.0. The second kappa shape index (κ2) is 8.51. The van der Waals surface area contributed by atoms with E-state index >= 15 is 0 Å². The minimum absolute atomic E-state index is 0.234. The zero-order valence-electron chi connectivity index (χ0n) is 12.8. The SMILES string of the molecule is COCCOc1ccc(CNC(=O)c2cccc(C#N)c2)cn1. The molecule has 2 rings (SSSR count). The molecule has 0 aliphatic heterocycles. The predicted molar refractivity (Wildman–Crippen MR) is 83.9 cm³/mol. The Hall–Kier alpha value is -2.91. The molecular weight excluding hydrogens is 294 g/mol. The number of carbonyl (C=O) groups is 1. The molecule has 0 saturated heterocycles. The molecule has 118 valence electrons. The lowest BCUT2D eigenvalue weighted by atomic mass is 10.1. The van der Waals surface area contributed by atoms with Gasteiger partial charge < -0.3 is 14.8 Å². The van der Waals surface area contributed by atoms with Crippen molar-refractivity contribution in [2.45, 2.75) is 6.54 Å². The third-order valence-corrected chi connectivity index (χ3v) is 3.04. The number of ether oxygens (including phenoxy) is 2. The van der Waals surface area contributed by atoms with Crippen molar-refractivity contribution in [2.24, 2.45) is 0 Å². The van der Waals surface area contributed by atoms with Crippen molar-refractivity contribution in [1.82, 2.24) is 10.3 Å². The number of hydrogen-bond acceptors (Lipinski definition) is 5. The van der Waals surface area contributed by atoms with E-state index in [1.165, 1.54) is 0 Å². The molecule has 6 nitrogen and oxygen atoms in total. The van der Waals surface area contributed by atoms with Crippen LogP contribution in [-0.4, -0.2) is 31.2 Å². The van der Waals surface area contributed by atoms with Gasteiger partial charge in [-0.25, -0.2) is 4.98 Å². The number of nitrogens with zero attached hydrogens (tertiary/aromatic N) is 2. The molecule has 6 heteroatoms. The highest BCUT2D eigenvalue weighted by molar-refractivity contribution is 5.94. The predicted octanol–water partition coefficient (Wildman–Crippen LogP) is 1.91. The molecule has 0 aliphatic carbocycles. The van der Waals surface area contributed by atoms with Gasteiger partial charge in [-0.3, -0.25) is 4.79 Å². The van der Waals surface area contributed by atoms with Gasteiger partial charge in [-0.2, -0.15) is 5.26 Å². The van der Waals surface area contributed by atoms with E-state index in [0.717, 1.165) is 5.56 Å². The molecule has 0 atom stereocenters. The standard InChI is InChI=1S/C17H17N3O3/c1-22-7-8-23-16-6-5-14(11-19-16)12-20-17(21)15-4-2-3-13(9-15)10-18/h2-6,9,11H,7-8,12H2,1H3,(H,20,21). The number of rotatable bonds is 7. The molecular formula is C17H17N3O3. The van der Waals surface area contributed by atoms with Crippen molar-refractivity contribution in [3.05, 3.63) is 59.3 Å². The first-order valence-electron chi connectivity index (χ1n) is 7.08. The summed E-state index contributed by atoms with van der Waals surface area (Å²) in [6.07, 6.45) is 1.65. The van der Waals surface area contributed by atoms with E-state index in [-0.39, 0.29) is 5.91 Å². The van der Waals surface area contributed by atoms with E-state index in [9.17, 15) is 4.79 Å². The van der Waals surface area contributed by atoms with Crippen LogP contribution in [0.3, 0.4) is 0 Å². The first kappa shape index (κ1) is 16.5. The fourth-order valence-electron chi connectivity index (χ4n) is 1.84. The van der Waals surface area contributed by atoms with Crippen LogP contribution in [-0.2, 0) is 11.3 Å². The van der Waals surface area contributed by atoms with Gasteiger partial charge in [0.05, 0.1) is 18.2 Å². The monoisotopic (exact) mass is 311 g/mol. The normalized spacial score (nSPS) is 9.91. The highest BCUT2D eigenvalue weighted by Gasteiger charge is 2.06. The van der Waals surface area contributed by atoms with Gasteiger partial charge in [-0.15, -0.1) is 0 Å². The minimum atomic E-state index is -0.234. The van der Waals surface area contributed by atoms with Crippen LogP contribution in [0.5, 0.6) is 5.88 Å². The molecule has 1 aromatic carbocycles. The average molecular weight is 311 g/mol. The second-order valence-corrected chi connectivity index (χ2v) is 4.72. The number of nitriles is 1. The van der Waals surface area contributed by atoms with Gasteiger partial charge in [-0.05, 0) is 23.8 Å². The molecule has 2 aromatic rings. The zero-order valence-corrected chi connectivity index (χ0v) is 12.8. The van der Waals surface area contributed by atoms with Crippen LogP contribution in [0, 0.1) is 11.3 Å². The maximum Gasteiger partial charge on any atom is 0.251 e. The Balaban J connectivity index is 1.87. The Morgan fingerprint density at radius 3 is 2.87 bits per heavy atom. The quantitative estimate of drug-likeness (QED) is 0.790. The second-order valence-electron chi connectivity index (χ2n) is 4.72. The fourth-order valence-corrected chi connectivity index (χ4v) is 1.84. The number of pyridine rings is 1. The molecule has 0 spiro atoms. The lowest BCUT2D eigenvalue weighted by Crippen LogP contribution is -2.22. The Labute approximate surface area is 134 Å². The highest BCUT2D eigenvalue weighted by Crippen LogP contribution is 2.08. The van der Waals surface area contributed by atoms with Crippen LogP contribution >= 0.6 is 0 Å². The lowest BCUT2D eigenvalue weighted by Gasteiger charge is -2.07. The van der Waals surface area contributed by atoms with Gasteiger partial charge in [0, 0.05) is 31.5 Å². The van der Waals surface area contributed by atoms with Crippen molar-refractivity contribution in [3.8, 4) is 11.9 Å². The van der Waals surface area contributed by atoms with E-state index in [0.29, 0.717) is 36.8 Å². The molecule has 1 aromatic heterocycles. The first-order chi connectivity index (χ1) is 11.2. The van der Waals surface area contributed by atoms with Gasteiger partial charge in [0.25, 0.3) is 5.91 Å². The largest absolute Gasteiger partial charge is 0.475 e. The smallest absolute Gasteiger partial charge is 0.251 e. The number of aromatic nitrogens is 1. The van der Waals surface area contributed by atoms with Crippen LogP contribution in [0.1, 0.15) is 21.5 Å². The lowest BCUT2D eigenvalue weighted by molar-refractivity contribution is 0.0951. The van der Waals surface area contributed by atoms with Gasteiger partial charge in [0.2, 0.25) is 5.88 Å². The summed E-state index contributed by atoms with van der Waals surface area (Å²) < 4.78 is 10.3. The molecule has 0 radical (unpaired) electrons. The van der Waals surface area contributed by atoms with E-state index in [1.54, 1.807) is 43.6 Å². The highest BCUT2D eigenvalue weighted by atomic mass is 16.5. The molecule has 0 unspecified atom stereocenters. The van der Waals surface area contributed by atoms with E-state index in [1.807, 2.05) is 12.1 Å². The number of hydrogen-bond donors (Lipinski definition) is 1. The van der Waals surface area contributed by atoms with Crippen molar-refractivity contribution >= 4 is 5.91 Å². The third kappa shape index (κ3) is 5.09. The number of benzene rings is 1. The van der Waals surface area contributed by atoms with E-state index < -0.39 is 0 Å². The van der Waals surface area contributed by atoms with Crippen LogP contribution in [0.15, 0.2) is 42.6 Å². The molecule has 1 amide bonds. The van der Waals surface area contributed by atoms with Gasteiger partial charge >= 0.3 is 0 Å². The van der Waals surface area contributed by atoms with Crippen molar-refractivity contribution in [1.29, 1.82) is 5.26 Å². The molecule has 1 heterocycles. The summed E-state index contributed by atoms with van der Waals surface area (Å²) in [6, 6.07) is 12.1. The summed E-state index contributed by atoms with van der Waals surface area (Å²) in [6.45, 7) is 1.29. The maximum absolute atomic E-state index is 12.0. The van der Waals surface area contributed by atoms with Crippen molar-refractivity contribution in [3.63, 3.8) is 0 Å². The summed E-state index contributed by atoms with van der Waals surface area (Å²) in [5.74, 6) is 0.279. The van der Waals surface area contributed by atoms with Crippen molar-refractivity contribution < 1.29 is 14.3 Å². The van der Waals surface area contributed by atoms with Crippen LogP contribution in [0.2, 0.25) is 0 Å². The molecule has 1 N–H and O–H groups in total. The Morgan fingerprint density at radius 1 is 1.30 bits per heavy atom. The Bertz CT molecular complexity index is 693. The van der Waals surface area contributed by atoms with Crippen LogP contribution in [0.25, 0.3) is 0 Å². The Morgan fingerprint density at radius 2 is 2.17 bits per heavy atom.